The lowest BCUT2D eigenvalue weighted by molar-refractivity contribution is -0.274. The monoisotopic (exact) mass is 452 g/mol. The van der Waals surface area contributed by atoms with Crippen molar-refractivity contribution in [3.05, 3.63) is 29.8 Å². The Kier molecular flexibility index (Phi) is 10.7. The zero-order valence-electron chi connectivity index (χ0n) is 18.3. The van der Waals surface area contributed by atoms with E-state index in [-0.39, 0.29) is 19.1 Å². The van der Waals surface area contributed by atoms with Crippen molar-refractivity contribution in [2.75, 3.05) is 44.9 Å². The van der Waals surface area contributed by atoms with Gasteiger partial charge < -0.3 is 24.8 Å². The first-order valence-electron chi connectivity index (χ1n) is 10.3. The highest BCUT2D eigenvalue weighted by molar-refractivity contribution is 5.83. The van der Waals surface area contributed by atoms with E-state index < -0.39 is 23.9 Å². The number of amides is 1. The van der Waals surface area contributed by atoms with Gasteiger partial charge in [-0.3, -0.25) is 4.79 Å². The van der Waals surface area contributed by atoms with Gasteiger partial charge in [0.05, 0.1) is 19.3 Å². The van der Waals surface area contributed by atoms with Gasteiger partial charge in [-0.15, -0.1) is 0 Å². The summed E-state index contributed by atoms with van der Waals surface area (Å²) in [6.45, 7) is 6.98. The van der Waals surface area contributed by atoms with Crippen LogP contribution in [0.1, 0.15) is 26.3 Å². The highest BCUT2D eigenvalue weighted by Crippen LogP contribution is 2.35. The Morgan fingerprint density at radius 1 is 1.29 bits per heavy atom. The number of rotatable bonds is 12. The molecular weight excluding hydrogens is 420 g/mol. The number of carbonyl (C=O) groups excluding carboxylic acids is 1. The maximum absolute atomic E-state index is 13.7. The Balaban J connectivity index is 0.00000233. The van der Waals surface area contributed by atoms with Crippen LogP contribution < -0.4 is 10.2 Å². The summed E-state index contributed by atoms with van der Waals surface area (Å²) < 4.78 is 63.2. The van der Waals surface area contributed by atoms with Crippen LogP contribution in [-0.2, 0) is 20.7 Å². The molecule has 6 nitrogen and oxygen atoms in total. The van der Waals surface area contributed by atoms with Gasteiger partial charge in [-0.2, -0.15) is 17.6 Å². The molecule has 0 saturated carbocycles. The molecule has 2 rings (SSSR count). The lowest BCUT2D eigenvalue weighted by atomic mass is 10.0. The summed E-state index contributed by atoms with van der Waals surface area (Å²) in [6, 6.07) is 7.35. The molecule has 1 heterocycles. The summed E-state index contributed by atoms with van der Waals surface area (Å²) in [5, 5.41) is 10.4. The SMILES string of the molecule is CC.COCCN(CC1CO1)c1ccc(CCNC(=O)C(F)(F)C(C)C(O)(F)F)cc1. The van der Waals surface area contributed by atoms with Crippen LogP contribution in [0.5, 0.6) is 0 Å². The number of nitrogens with one attached hydrogen (secondary N) is 1. The number of anilines is 1. The van der Waals surface area contributed by atoms with Crippen LogP contribution in [0.3, 0.4) is 0 Å². The number of carbonyl (C=O) groups is 1. The molecule has 1 aliphatic rings. The Labute approximate surface area is 180 Å². The van der Waals surface area contributed by atoms with Crippen LogP contribution >= 0.6 is 0 Å². The van der Waals surface area contributed by atoms with Crippen molar-refractivity contribution in [3.8, 4) is 0 Å². The minimum Gasteiger partial charge on any atom is -0.383 e. The van der Waals surface area contributed by atoms with Gasteiger partial charge in [-0.05, 0) is 31.0 Å². The molecule has 0 aliphatic carbocycles. The molecule has 31 heavy (non-hydrogen) atoms. The first kappa shape index (κ1) is 27.1. The van der Waals surface area contributed by atoms with Crippen molar-refractivity contribution in [1.29, 1.82) is 0 Å². The molecule has 1 amide bonds. The molecule has 0 aromatic heterocycles. The summed E-state index contributed by atoms with van der Waals surface area (Å²) >= 11 is 0. The molecule has 1 saturated heterocycles. The van der Waals surface area contributed by atoms with E-state index in [0.717, 1.165) is 24.4 Å². The molecule has 0 radical (unpaired) electrons. The van der Waals surface area contributed by atoms with Crippen molar-refractivity contribution in [2.24, 2.45) is 5.92 Å². The average Bonchev–Trinajstić information content (AvgIpc) is 3.56. The van der Waals surface area contributed by atoms with Gasteiger partial charge in [0.15, 0.2) is 0 Å². The highest BCUT2D eigenvalue weighted by Gasteiger charge is 2.55. The van der Waals surface area contributed by atoms with Crippen molar-refractivity contribution < 1.29 is 36.9 Å². The van der Waals surface area contributed by atoms with E-state index in [1.165, 1.54) is 0 Å². The van der Waals surface area contributed by atoms with E-state index in [4.69, 9.17) is 14.6 Å². The fourth-order valence-corrected chi connectivity index (χ4v) is 2.67. The topological polar surface area (TPSA) is 74.3 Å². The third-order valence-electron chi connectivity index (χ3n) is 4.76. The molecule has 2 unspecified atom stereocenters. The van der Waals surface area contributed by atoms with Gasteiger partial charge >= 0.3 is 12.0 Å². The number of benzene rings is 1. The molecule has 2 N–H and O–H groups in total. The molecule has 178 valence electrons. The van der Waals surface area contributed by atoms with E-state index in [9.17, 15) is 22.4 Å². The zero-order chi connectivity index (χ0) is 23.7. The van der Waals surface area contributed by atoms with Crippen molar-refractivity contribution in [1.82, 2.24) is 5.32 Å². The molecular formula is C21H32F4N2O4. The number of methoxy groups -OCH3 is 1. The normalized spacial score (nSPS) is 16.7. The lowest BCUT2D eigenvalue weighted by Crippen LogP contribution is -2.50. The second kappa shape index (κ2) is 12.2. The largest absolute Gasteiger partial charge is 0.383 e. The average molecular weight is 452 g/mol. The van der Waals surface area contributed by atoms with Crippen LogP contribution in [0, 0.1) is 5.92 Å². The standard InChI is InChI=1S/C19H26F4N2O4.C2H6/c1-13(19(22,23)27)18(20,21)17(26)24-8-7-14-3-5-15(6-4-14)25(9-10-28-2)11-16-12-29-16;1-2/h3-6,13,16,27H,7-12H2,1-2H3,(H,24,26);1-2H3. The number of hydrogen-bond donors (Lipinski definition) is 2. The maximum atomic E-state index is 13.7. The van der Waals surface area contributed by atoms with Gasteiger partial charge in [-0.1, -0.05) is 26.0 Å². The minimum absolute atomic E-state index is 0.152. The highest BCUT2D eigenvalue weighted by atomic mass is 19.3. The first-order valence-corrected chi connectivity index (χ1v) is 10.3. The number of nitrogens with zero attached hydrogens (tertiary/aromatic N) is 1. The molecule has 0 bridgehead atoms. The lowest BCUT2D eigenvalue weighted by Gasteiger charge is -2.26. The van der Waals surface area contributed by atoms with Gasteiger partial charge in [0, 0.05) is 32.4 Å². The summed E-state index contributed by atoms with van der Waals surface area (Å²) in [6.07, 6.45) is -4.20. The molecule has 1 aromatic carbocycles. The van der Waals surface area contributed by atoms with Crippen LogP contribution in [-0.4, -0.2) is 69.1 Å². The smallest absolute Gasteiger partial charge is 0.362 e. The number of ether oxygens (including phenoxy) is 2. The Morgan fingerprint density at radius 3 is 2.35 bits per heavy atom. The summed E-state index contributed by atoms with van der Waals surface area (Å²) in [5.41, 5.74) is 1.74. The Morgan fingerprint density at radius 2 is 1.87 bits per heavy atom. The fraction of sp³-hybridized carbons (Fsp3) is 0.667. The van der Waals surface area contributed by atoms with Gasteiger partial charge in [0.2, 0.25) is 0 Å². The Bertz CT molecular complexity index is 664. The van der Waals surface area contributed by atoms with Crippen LogP contribution in [0.15, 0.2) is 24.3 Å². The van der Waals surface area contributed by atoms with Crippen molar-refractivity contribution in [2.45, 2.75) is 45.3 Å². The summed E-state index contributed by atoms with van der Waals surface area (Å²) in [4.78, 5) is 13.7. The summed E-state index contributed by atoms with van der Waals surface area (Å²) in [7, 11) is 1.62. The Hall–Kier alpha value is -1.91. The van der Waals surface area contributed by atoms with E-state index in [1.54, 1.807) is 19.2 Å². The number of alkyl halides is 4. The maximum Gasteiger partial charge on any atom is 0.362 e. The predicted octanol–water partition coefficient (Wildman–Crippen LogP) is 3.08. The summed E-state index contributed by atoms with van der Waals surface area (Å²) in [5.74, 6) is -9.07. The van der Waals surface area contributed by atoms with E-state index in [1.807, 2.05) is 31.3 Å². The molecule has 2 atom stereocenters. The van der Waals surface area contributed by atoms with Crippen LogP contribution in [0.4, 0.5) is 23.2 Å². The first-order chi connectivity index (χ1) is 14.6. The van der Waals surface area contributed by atoms with Gasteiger partial charge in [0.1, 0.15) is 5.92 Å². The molecule has 1 fully saturated rings. The number of hydrogen-bond acceptors (Lipinski definition) is 5. The third kappa shape index (κ3) is 8.62. The number of aliphatic hydroxyl groups is 1. The molecule has 1 aliphatic heterocycles. The van der Waals surface area contributed by atoms with E-state index >= 15 is 0 Å². The second-order valence-corrected chi connectivity index (χ2v) is 7.00. The van der Waals surface area contributed by atoms with Gasteiger partial charge in [-0.25, -0.2) is 0 Å². The molecule has 10 heteroatoms. The van der Waals surface area contributed by atoms with E-state index in [0.29, 0.717) is 20.1 Å². The second-order valence-electron chi connectivity index (χ2n) is 7.00. The third-order valence-corrected chi connectivity index (χ3v) is 4.76. The van der Waals surface area contributed by atoms with Crippen molar-refractivity contribution >= 4 is 11.6 Å². The van der Waals surface area contributed by atoms with Crippen molar-refractivity contribution in [3.63, 3.8) is 0 Å². The zero-order valence-corrected chi connectivity index (χ0v) is 18.3. The predicted molar refractivity (Wildman–Crippen MR) is 110 cm³/mol. The molecule has 0 spiro atoms. The fourth-order valence-electron chi connectivity index (χ4n) is 2.67. The minimum atomic E-state index is -4.66. The van der Waals surface area contributed by atoms with Crippen LogP contribution in [0.2, 0.25) is 0 Å². The number of halogens is 4. The van der Waals surface area contributed by atoms with E-state index in [2.05, 4.69) is 4.90 Å². The quantitative estimate of drug-likeness (QED) is 0.377. The molecule has 1 aromatic rings. The van der Waals surface area contributed by atoms with Crippen LogP contribution in [0.25, 0.3) is 0 Å². The van der Waals surface area contributed by atoms with Gasteiger partial charge in [0.25, 0.3) is 5.91 Å². The number of epoxide rings is 1.